The second-order valence-corrected chi connectivity index (χ2v) is 6.25. The summed E-state index contributed by atoms with van der Waals surface area (Å²) in [6.07, 6.45) is 0. The summed E-state index contributed by atoms with van der Waals surface area (Å²) in [5.41, 5.74) is 6.03. The van der Waals surface area contributed by atoms with Gasteiger partial charge in [-0.05, 0) is 25.2 Å². The smallest absolute Gasteiger partial charge is 0.241 e. The zero-order chi connectivity index (χ0) is 12.9. The molecule has 0 amide bonds. The first-order chi connectivity index (χ1) is 8.01. The largest absolute Gasteiger partial charge is 0.399 e. The maximum Gasteiger partial charge on any atom is 0.241 e. The Balaban J connectivity index is 3.04. The monoisotopic (exact) mass is 276 g/mol. The highest BCUT2D eigenvalue weighted by atomic mass is 32.2. The Labute approximate surface area is 106 Å². The number of thioether (sulfide) groups is 1. The average molecular weight is 276 g/mol. The van der Waals surface area contributed by atoms with Crippen molar-refractivity contribution < 1.29 is 13.2 Å². The molecule has 0 bridgehead atoms. The van der Waals surface area contributed by atoms with Gasteiger partial charge in [-0.2, -0.15) is 0 Å². The fourth-order valence-corrected chi connectivity index (χ4v) is 3.38. The van der Waals surface area contributed by atoms with Gasteiger partial charge in [-0.25, -0.2) is 13.1 Å². The maximum atomic E-state index is 11.8. The predicted octanol–water partition coefficient (Wildman–Crippen LogP) is 0.915. The van der Waals surface area contributed by atoms with Gasteiger partial charge in [-0.3, -0.25) is 0 Å². The first kappa shape index (κ1) is 14.3. The number of nitrogens with one attached hydrogen (secondary N) is 1. The van der Waals surface area contributed by atoms with Gasteiger partial charge in [0.2, 0.25) is 10.0 Å². The SMILES string of the molecule is CNS(=O)(=O)c1cc(N)ccc1SCCOC. The topological polar surface area (TPSA) is 81.4 Å². The number of methoxy groups -OCH3 is 1. The van der Waals surface area contributed by atoms with E-state index < -0.39 is 10.0 Å². The molecule has 0 unspecified atom stereocenters. The quantitative estimate of drug-likeness (QED) is 0.458. The third-order valence-electron chi connectivity index (χ3n) is 2.07. The minimum atomic E-state index is -3.48. The van der Waals surface area contributed by atoms with Crippen molar-refractivity contribution in [3.05, 3.63) is 18.2 Å². The van der Waals surface area contributed by atoms with Crippen LogP contribution in [0.1, 0.15) is 0 Å². The van der Waals surface area contributed by atoms with E-state index in [1.807, 2.05) is 0 Å². The second kappa shape index (κ2) is 6.25. The summed E-state index contributed by atoms with van der Waals surface area (Å²) in [5.74, 6) is 0.687. The predicted molar refractivity (Wildman–Crippen MR) is 69.7 cm³/mol. The number of rotatable bonds is 6. The summed E-state index contributed by atoms with van der Waals surface area (Å²) in [4.78, 5) is 0.881. The van der Waals surface area contributed by atoms with Crippen molar-refractivity contribution in [2.24, 2.45) is 0 Å². The van der Waals surface area contributed by atoms with Crippen LogP contribution in [0.2, 0.25) is 0 Å². The van der Waals surface area contributed by atoms with Gasteiger partial charge in [0.05, 0.1) is 11.5 Å². The number of benzene rings is 1. The van der Waals surface area contributed by atoms with Crippen LogP contribution in [0.3, 0.4) is 0 Å². The molecule has 0 fully saturated rings. The molecule has 0 radical (unpaired) electrons. The van der Waals surface area contributed by atoms with Crippen LogP contribution in [0.4, 0.5) is 5.69 Å². The molecular weight excluding hydrogens is 260 g/mol. The van der Waals surface area contributed by atoms with Crippen LogP contribution >= 0.6 is 11.8 Å². The lowest BCUT2D eigenvalue weighted by molar-refractivity contribution is 0.218. The van der Waals surface area contributed by atoms with E-state index in [0.717, 1.165) is 0 Å². The summed E-state index contributed by atoms with van der Waals surface area (Å²) in [7, 11) is -0.497. The van der Waals surface area contributed by atoms with E-state index in [-0.39, 0.29) is 4.90 Å². The van der Waals surface area contributed by atoms with Crippen LogP contribution in [0.5, 0.6) is 0 Å². The molecule has 17 heavy (non-hydrogen) atoms. The van der Waals surface area contributed by atoms with Crippen molar-refractivity contribution in [3.8, 4) is 0 Å². The number of nitrogen functional groups attached to an aromatic ring is 1. The Bertz CT molecular complexity index is 474. The van der Waals surface area contributed by atoms with Gasteiger partial charge in [-0.1, -0.05) is 0 Å². The first-order valence-corrected chi connectivity index (χ1v) is 7.43. The van der Waals surface area contributed by atoms with Crippen LogP contribution in [0.25, 0.3) is 0 Å². The molecule has 1 aromatic carbocycles. The van der Waals surface area contributed by atoms with Crippen LogP contribution in [-0.2, 0) is 14.8 Å². The molecule has 1 rings (SSSR count). The minimum absolute atomic E-state index is 0.209. The Hall–Kier alpha value is -0.760. The van der Waals surface area contributed by atoms with E-state index in [2.05, 4.69) is 4.72 Å². The van der Waals surface area contributed by atoms with Crippen molar-refractivity contribution in [2.75, 3.05) is 32.3 Å². The van der Waals surface area contributed by atoms with Crippen molar-refractivity contribution in [1.29, 1.82) is 0 Å². The van der Waals surface area contributed by atoms with Crippen molar-refractivity contribution in [1.82, 2.24) is 4.72 Å². The third kappa shape index (κ3) is 3.88. The number of sulfonamides is 1. The van der Waals surface area contributed by atoms with E-state index in [9.17, 15) is 8.42 Å². The molecule has 5 nitrogen and oxygen atoms in total. The molecule has 0 heterocycles. The fourth-order valence-electron chi connectivity index (χ4n) is 1.20. The van der Waals surface area contributed by atoms with Crippen molar-refractivity contribution in [2.45, 2.75) is 9.79 Å². The fraction of sp³-hybridized carbons (Fsp3) is 0.400. The standard InChI is InChI=1S/C10H16N2O3S2/c1-12-17(13,14)10-7-8(11)3-4-9(10)16-6-5-15-2/h3-4,7,12H,5-6,11H2,1-2H3. The molecule has 0 aromatic heterocycles. The highest BCUT2D eigenvalue weighted by Crippen LogP contribution is 2.28. The van der Waals surface area contributed by atoms with Gasteiger partial charge in [-0.15, -0.1) is 11.8 Å². The molecule has 0 aliphatic rings. The summed E-state index contributed by atoms with van der Waals surface area (Å²) >= 11 is 1.42. The van der Waals surface area contributed by atoms with Gasteiger partial charge in [0.1, 0.15) is 0 Å². The molecule has 0 saturated heterocycles. The van der Waals surface area contributed by atoms with Gasteiger partial charge in [0.15, 0.2) is 0 Å². The molecule has 0 spiro atoms. The second-order valence-electron chi connectivity index (χ2n) is 3.25. The van der Waals surface area contributed by atoms with Crippen LogP contribution in [0, 0.1) is 0 Å². The summed E-state index contributed by atoms with van der Waals surface area (Å²) in [5, 5.41) is 0. The van der Waals surface area contributed by atoms with Gasteiger partial charge in [0, 0.05) is 23.4 Å². The van der Waals surface area contributed by atoms with E-state index >= 15 is 0 Å². The molecule has 3 N–H and O–H groups in total. The number of nitrogens with two attached hydrogens (primary N) is 1. The molecule has 1 aromatic rings. The van der Waals surface area contributed by atoms with E-state index in [1.165, 1.54) is 24.9 Å². The van der Waals surface area contributed by atoms with Gasteiger partial charge < -0.3 is 10.5 Å². The molecule has 0 aliphatic carbocycles. The van der Waals surface area contributed by atoms with Gasteiger partial charge in [0.25, 0.3) is 0 Å². The van der Waals surface area contributed by atoms with E-state index in [1.54, 1.807) is 19.2 Å². The lowest BCUT2D eigenvalue weighted by Gasteiger charge is -2.10. The first-order valence-electron chi connectivity index (χ1n) is 4.96. The Kier molecular flexibility index (Phi) is 5.26. The number of ether oxygens (including phenoxy) is 1. The van der Waals surface area contributed by atoms with Crippen LogP contribution < -0.4 is 10.5 Å². The van der Waals surface area contributed by atoms with Gasteiger partial charge >= 0.3 is 0 Å². The van der Waals surface area contributed by atoms with Crippen molar-refractivity contribution >= 4 is 27.5 Å². The number of hydrogen-bond acceptors (Lipinski definition) is 5. The molecular formula is C10H16N2O3S2. The lowest BCUT2D eigenvalue weighted by Crippen LogP contribution is -2.19. The minimum Gasteiger partial charge on any atom is -0.399 e. The zero-order valence-corrected chi connectivity index (χ0v) is 11.4. The normalized spacial score (nSPS) is 11.6. The summed E-state index contributed by atoms with van der Waals surface area (Å²) < 4.78 is 30.8. The third-order valence-corrected chi connectivity index (χ3v) is 4.69. The molecule has 0 aliphatic heterocycles. The Morgan fingerprint density at radius 2 is 2.18 bits per heavy atom. The highest BCUT2D eigenvalue weighted by Gasteiger charge is 2.17. The van der Waals surface area contributed by atoms with E-state index in [0.29, 0.717) is 22.9 Å². The average Bonchev–Trinajstić information content (AvgIpc) is 2.31. The summed E-state index contributed by atoms with van der Waals surface area (Å²) in [6, 6.07) is 4.85. The zero-order valence-electron chi connectivity index (χ0n) is 9.76. The molecule has 0 saturated carbocycles. The Morgan fingerprint density at radius 1 is 1.47 bits per heavy atom. The van der Waals surface area contributed by atoms with Crippen molar-refractivity contribution in [3.63, 3.8) is 0 Å². The Morgan fingerprint density at radius 3 is 2.76 bits per heavy atom. The molecule has 96 valence electrons. The lowest BCUT2D eigenvalue weighted by atomic mass is 10.3. The van der Waals surface area contributed by atoms with Crippen LogP contribution in [0.15, 0.2) is 28.0 Å². The van der Waals surface area contributed by atoms with E-state index in [4.69, 9.17) is 10.5 Å². The summed E-state index contributed by atoms with van der Waals surface area (Å²) in [6.45, 7) is 0.564. The molecule has 0 atom stereocenters. The molecule has 7 heteroatoms. The number of anilines is 1. The van der Waals surface area contributed by atoms with Crippen LogP contribution in [-0.4, -0.2) is 34.9 Å². The number of hydrogen-bond donors (Lipinski definition) is 2. The maximum absolute atomic E-state index is 11.8. The highest BCUT2D eigenvalue weighted by molar-refractivity contribution is 8.00.